The number of likely N-dealkylation sites (tertiary alicyclic amines) is 1. The first-order valence-electron chi connectivity index (χ1n) is 13.0. The zero-order valence-corrected chi connectivity index (χ0v) is 23.6. The Balaban J connectivity index is 0.00000353. The van der Waals surface area contributed by atoms with E-state index in [1.807, 2.05) is 36.4 Å². The van der Waals surface area contributed by atoms with E-state index in [0.29, 0.717) is 24.3 Å². The standard InChI is InChI=1S/C31H33N3O3S.H2S/c32-19-28-20-33-29(38-28)25-11-13-27(14-12-25)31(36,26-9-5-2-6-10-26)30(35)37-22-24-15-17-34(18-16-24)21-23-7-3-1-4-8-23;/h1-14,20,24,36H,15-19,21-22,32H2;1H2/t31-;/m0./s1. The van der Waals surface area contributed by atoms with E-state index in [9.17, 15) is 9.90 Å². The van der Waals surface area contributed by atoms with Gasteiger partial charge in [0.15, 0.2) is 0 Å². The maximum atomic E-state index is 13.5. The largest absolute Gasteiger partial charge is 0.463 e. The molecule has 0 amide bonds. The fourth-order valence-electron chi connectivity index (χ4n) is 4.92. The van der Waals surface area contributed by atoms with Gasteiger partial charge in [0, 0.05) is 29.7 Å². The predicted octanol–water partition coefficient (Wildman–Crippen LogP) is 5.07. The molecular weight excluding hydrogens is 526 g/mol. The Morgan fingerprint density at radius 1 is 0.974 bits per heavy atom. The fourth-order valence-corrected chi connectivity index (χ4v) is 5.72. The van der Waals surface area contributed by atoms with Crippen molar-refractivity contribution in [3.8, 4) is 10.6 Å². The number of nitrogens with zero attached hydrogens (tertiary/aromatic N) is 2. The summed E-state index contributed by atoms with van der Waals surface area (Å²) >= 11 is 1.53. The molecule has 3 N–H and O–H groups in total. The second-order valence-corrected chi connectivity index (χ2v) is 10.9. The number of aromatic nitrogens is 1. The minimum Gasteiger partial charge on any atom is -0.463 e. The molecular formula is C31H35N3O3S2. The Morgan fingerprint density at radius 3 is 2.21 bits per heavy atom. The Bertz CT molecular complexity index is 1320. The van der Waals surface area contributed by atoms with Crippen LogP contribution in [-0.4, -0.2) is 40.7 Å². The van der Waals surface area contributed by atoms with Gasteiger partial charge in [0.2, 0.25) is 5.60 Å². The second-order valence-electron chi connectivity index (χ2n) is 9.79. The first-order valence-corrected chi connectivity index (χ1v) is 13.8. The number of ether oxygens (including phenoxy) is 1. The van der Waals surface area contributed by atoms with Crippen molar-refractivity contribution in [2.75, 3.05) is 19.7 Å². The summed E-state index contributed by atoms with van der Waals surface area (Å²) in [7, 11) is 0. The number of carbonyl (C=O) groups is 1. The molecule has 0 saturated carbocycles. The first-order chi connectivity index (χ1) is 18.6. The number of thiazole rings is 1. The molecule has 1 saturated heterocycles. The number of nitrogens with two attached hydrogens (primary N) is 1. The van der Waals surface area contributed by atoms with Crippen LogP contribution < -0.4 is 5.73 Å². The van der Waals surface area contributed by atoms with Gasteiger partial charge in [-0.2, -0.15) is 13.5 Å². The Hall–Kier alpha value is -3.01. The molecule has 0 unspecified atom stereocenters. The Kier molecular flexibility index (Phi) is 9.94. The van der Waals surface area contributed by atoms with Crippen molar-refractivity contribution in [2.24, 2.45) is 11.7 Å². The van der Waals surface area contributed by atoms with Gasteiger partial charge in [0.25, 0.3) is 0 Å². The number of carbonyl (C=O) groups excluding carboxylic acids is 1. The average molecular weight is 562 g/mol. The summed E-state index contributed by atoms with van der Waals surface area (Å²) in [5, 5.41) is 12.7. The third kappa shape index (κ3) is 6.77. The van der Waals surface area contributed by atoms with Crippen molar-refractivity contribution in [3.63, 3.8) is 0 Å². The van der Waals surface area contributed by atoms with E-state index in [2.05, 4.69) is 34.1 Å². The minimum absolute atomic E-state index is 0. The van der Waals surface area contributed by atoms with E-state index in [0.717, 1.165) is 47.9 Å². The second kappa shape index (κ2) is 13.4. The van der Waals surface area contributed by atoms with Gasteiger partial charge in [-0.15, -0.1) is 11.3 Å². The zero-order chi connectivity index (χ0) is 26.4. The summed E-state index contributed by atoms with van der Waals surface area (Å²) in [5.41, 5.74) is 6.98. The maximum Gasteiger partial charge on any atom is 0.347 e. The van der Waals surface area contributed by atoms with Gasteiger partial charge >= 0.3 is 5.97 Å². The van der Waals surface area contributed by atoms with Crippen LogP contribution in [-0.2, 0) is 28.2 Å². The van der Waals surface area contributed by atoms with Gasteiger partial charge in [-0.1, -0.05) is 84.9 Å². The number of rotatable bonds is 9. The van der Waals surface area contributed by atoms with Crippen LogP contribution >= 0.6 is 24.8 Å². The van der Waals surface area contributed by atoms with E-state index < -0.39 is 11.6 Å². The molecule has 1 atom stereocenters. The highest BCUT2D eigenvalue weighted by Crippen LogP contribution is 2.34. The molecule has 4 aromatic rings. The highest BCUT2D eigenvalue weighted by molar-refractivity contribution is 7.59. The maximum absolute atomic E-state index is 13.5. The quantitative estimate of drug-likeness (QED) is 0.277. The van der Waals surface area contributed by atoms with E-state index in [-0.39, 0.29) is 19.4 Å². The molecule has 204 valence electrons. The molecule has 0 aliphatic carbocycles. The first kappa shape index (κ1) is 29.0. The number of benzene rings is 3. The number of hydrogen-bond donors (Lipinski definition) is 2. The van der Waals surface area contributed by atoms with E-state index in [1.54, 1.807) is 30.5 Å². The zero-order valence-electron chi connectivity index (χ0n) is 21.8. The van der Waals surface area contributed by atoms with Gasteiger partial charge < -0.3 is 15.6 Å². The lowest BCUT2D eigenvalue weighted by Gasteiger charge is -2.33. The summed E-state index contributed by atoms with van der Waals surface area (Å²) in [6.07, 6.45) is 3.69. The average Bonchev–Trinajstić information content (AvgIpc) is 3.47. The van der Waals surface area contributed by atoms with Crippen LogP contribution in [0, 0.1) is 5.92 Å². The van der Waals surface area contributed by atoms with Crippen molar-refractivity contribution < 1.29 is 14.6 Å². The number of piperidine rings is 1. The number of hydrogen-bond acceptors (Lipinski definition) is 7. The minimum atomic E-state index is -1.90. The van der Waals surface area contributed by atoms with Crippen molar-refractivity contribution in [1.29, 1.82) is 0 Å². The summed E-state index contributed by atoms with van der Waals surface area (Å²) in [6.45, 7) is 3.60. The van der Waals surface area contributed by atoms with Crippen molar-refractivity contribution in [1.82, 2.24) is 9.88 Å². The Labute approximate surface area is 240 Å². The highest BCUT2D eigenvalue weighted by atomic mass is 32.1. The molecule has 3 aromatic carbocycles. The molecule has 2 heterocycles. The topological polar surface area (TPSA) is 88.7 Å². The number of aliphatic hydroxyl groups is 1. The molecule has 0 bridgehead atoms. The van der Waals surface area contributed by atoms with Crippen LogP contribution in [0.15, 0.2) is 91.1 Å². The molecule has 1 aromatic heterocycles. The summed E-state index contributed by atoms with van der Waals surface area (Å²) in [4.78, 5) is 21.4. The monoisotopic (exact) mass is 561 g/mol. The lowest BCUT2D eigenvalue weighted by atomic mass is 9.86. The molecule has 39 heavy (non-hydrogen) atoms. The van der Waals surface area contributed by atoms with Gasteiger partial charge in [-0.25, -0.2) is 9.78 Å². The van der Waals surface area contributed by atoms with E-state index in [1.165, 1.54) is 16.9 Å². The van der Waals surface area contributed by atoms with Crippen LogP contribution in [0.1, 0.15) is 34.4 Å². The fraction of sp³-hybridized carbons (Fsp3) is 0.290. The van der Waals surface area contributed by atoms with E-state index in [4.69, 9.17) is 10.5 Å². The van der Waals surface area contributed by atoms with E-state index >= 15 is 0 Å². The SMILES string of the molecule is NCc1cnc(-c2ccc([C@](O)(C(=O)OCC3CCN(Cc4ccccc4)CC3)c3ccccc3)cc2)s1.S. The van der Waals surface area contributed by atoms with Crippen LogP contribution in [0.5, 0.6) is 0 Å². The molecule has 0 spiro atoms. The molecule has 6 nitrogen and oxygen atoms in total. The molecule has 1 fully saturated rings. The normalized spacial score (nSPS) is 15.7. The number of esters is 1. The third-order valence-electron chi connectivity index (χ3n) is 7.20. The summed E-state index contributed by atoms with van der Waals surface area (Å²) < 4.78 is 5.81. The van der Waals surface area contributed by atoms with Crippen LogP contribution in [0.4, 0.5) is 0 Å². The highest BCUT2D eigenvalue weighted by Gasteiger charge is 2.42. The lowest BCUT2D eigenvalue weighted by molar-refractivity contribution is -0.164. The molecule has 5 rings (SSSR count). The van der Waals surface area contributed by atoms with Gasteiger partial charge in [0.1, 0.15) is 5.01 Å². The molecule has 1 aliphatic heterocycles. The third-order valence-corrected chi connectivity index (χ3v) is 8.27. The molecule has 8 heteroatoms. The summed E-state index contributed by atoms with van der Waals surface area (Å²) in [6, 6.07) is 26.8. The van der Waals surface area contributed by atoms with Crippen LogP contribution in [0.3, 0.4) is 0 Å². The smallest absolute Gasteiger partial charge is 0.347 e. The Morgan fingerprint density at radius 2 is 1.59 bits per heavy atom. The van der Waals surface area contributed by atoms with Crippen molar-refractivity contribution in [2.45, 2.75) is 31.5 Å². The summed E-state index contributed by atoms with van der Waals surface area (Å²) in [5.74, 6) is -0.377. The predicted molar refractivity (Wildman–Crippen MR) is 161 cm³/mol. The van der Waals surface area contributed by atoms with Crippen molar-refractivity contribution >= 4 is 30.8 Å². The van der Waals surface area contributed by atoms with Gasteiger partial charge in [0.05, 0.1) is 6.61 Å². The van der Waals surface area contributed by atoms with Crippen LogP contribution in [0.2, 0.25) is 0 Å². The van der Waals surface area contributed by atoms with Gasteiger partial charge in [-0.05, 0) is 48.5 Å². The molecule has 0 radical (unpaired) electrons. The van der Waals surface area contributed by atoms with Gasteiger partial charge in [-0.3, -0.25) is 4.90 Å². The molecule has 1 aliphatic rings. The lowest BCUT2D eigenvalue weighted by Crippen LogP contribution is -2.40. The van der Waals surface area contributed by atoms with Crippen LogP contribution in [0.25, 0.3) is 10.6 Å². The van der Waals surface area contributed by atoms with Crippen molar-refractivity contribution in [3.05, 3.63) is 113 Å².